The van der Waals surface area contributed by atoms with Crippen molar-refractivity contribution in [3.05, 3.63) is 40.9 Å². The maximum Gasteiger partial charge on any atom is 0.171 e. The van der Waals surface area contributed by atoms with E-state index in [1.165, 1.54) is 11.8 Å². The molecule has 1 aromatic heterocycles. The van der Waals surface area contributed by atoms with Crippen molar-refractivity contribution in [1.29, 1.82) is 0 Å². The van der Waals surface area contributed by atoms with Gasteiger partial charge in [0.05, 0.1) is 0 Å². The van der Waals surface area contributed by atoms with Crippen LogP contribution in [0.3, 0.4) is 0 Å². The van der Waals surface area contributed by atoms with Crippen LogP contribution < -0.4 is 5.73 Å². The first-order chi connectivity index (χ1) is 8.20. The molecule has 0 fully saturated rings. The number of nitrogens with zero attached hydrogens (tertiary/aromatic N) is 2. The maximum atomic E-state index is 8.75. The van der Waals surface area contributed by atoms with Crippen molar-refractivity contribution in [2.24, 2.45) is 10.9 Å². The van der Waals surface area contributed by atoms with Crippen LogP contribution >= 0.6 is 23.1 Å². The van der Waals surface area contributed by atoms with Gasteiger partial charge in [-0.05, 0) is 24.6 Å². The van der Waals surface area contributed by atoms with Gasteiger partial charge in [-0.2, -0.15) is 0 Å². The Kier molecular flexibility index (Phi) is 3.65. The van der Waals surface area contributed by atoms with Crippen LogP contribution in [0.4, 0.5) is 0 Å². The van der Waals surface area contributed by atoms with Gasteiger partial charge in [0.15, 0.2) is 10.2 Å². The molecule has 0 aliphatic rings. The third-order valence-corrected chi connectivity index (χ3v) is 4.07. The topological polar surface area (TPSA) is 71.5 Å². The van der Waals surface area contributed by atoms with Crippen molar-refractivity contribution in [1.82, 2.24) is 4.98 Å². The molecule has 0 aliphatic carbocycles. The summed E-state index contributed by atoms with van der Waals surface area (Å²) in [6.07, 6.45) is 1.76. The molecule has 0 spiro atoms. The number of aromatic nitrogens is 1. The molecule has 0 bridgehead atoms. The highest BCUT2D eigenvalue weighted by Crippen LogP contribution is 2.32. The Balaban J connectivity index is 2.40. The highest BCUT2D eigenvalue weighted by atomic mass is 32.2. The van der Waals surface area contributed by atoms with Crippen LogP contribution in [-0.4, -0.2) is 16.0 Å². The second-order valence-electron chi connectivity index (χ2n) is 3.38. The smallest absolute Gasteiger partial charge is 0.171 e. The lowest BCUT2D eigenvalue weighted by atomic mass is 10.1. The summed E-state index contributed by atoms with van der Waals surface area (Å²) in [6, 6.07) is 5.78. The lowest BCUT2D eigenvalue weighted by molar-refractivity contribution is 0.318. The molecule has 0 unspecified atom stereocenters. The SMILES string of the molecule is Cc1ccc(C(N)=NO)c(Sc2nccs2)c1. The summed E-state index contributed by atoms with van der Waals surface area (Å²) < 4.78 is 0.933. The van der Waals surface area contributed by atoms with Crippen LogP contribution in [0.25, 0.3) is 0 Å². The van der Waals surface area contributed by atoms with Crippen molar-refractivity contribution in [3.8, 4) is 0 Å². The van der Waals surface area contributed by atoms with Gasteiger partial charge in [0.2, 0.25) is 0 Å². The molecule has 6 heteroatoms. The number of thiazole rings is 1. The van der Waals surface area contributed by atoms with Gasteiger partial charge in [-0.1, -0.05) is 23.0 Å². The molecular weight excluding hydrogens is 254 g/mol. The first-order valence-corrected chi connectivity index (χ1v) is 6.56. The van der Waals surface area contributed by atoms with Crippen LogP contribution in [0.5, 0.6) is 0 Å². The summed E-state index contributed by atoms with van der Waals surface area (Å²) >= 11 is 3.07. The fourth-order valence-electron chi connectivity index (χ4n) is 1.33. The first-order valence-electron chi connectivity index (χ1n) is 4.86. The number of nitrogens with two attached hydrogens (primary N) is 1. The first kappa shape index (κ1) is 11.9. The predicted octanol–water partition coefficient (Wildman–Crippen LogP) is 2.70. The third-order valence-electron chi connectivity index (χ3n) is 2.13. The largest absolute Gasteiger partial charge is 0.409 e. The molecule has 3 N–H and O–H groups in total. The van der Waals surface area contributed by atoms with Crippen LogP contribution in [0.1, 0.15) is 11.1 Å². The molecule has 2 rings (SSSR count). The zero-order valence-electron chi connectivity index (χ0n) is 9.12. The van der Waals surface area contributed by atoms with Gasteiger partial charge in [-0.15, -0.1) is 11.3 Å². The molecule has 2 aromatic rings. The Labute approximate surface area is 107 Å². The van der Waals surface area contributed by atoms with E-state index in [4.69, 9.17) is 10.9 Å². The van der Waals surface area contributed by atoms with E-state index in [-0.39, 0.29) is 5.84 Å². The van der Waals surface area contributed by atoms with E-state index in [1.54, 1.807) is 17.5 Å². The second kappa shape index (κ2) is 5.20. The van der Waals surface area contributed by atoms with Crippen LogP contribution in [0.15, 0.2) is 44.2 Å². The summed E-state index contributed by atoms with van der Waals surface area (Å²) in [5.41, 5.74) is 7.49. The Morgan fingerprint density at radius 3 is 3.00 bits per heavy atom. The summed E-state index contributed by atoms with van der Waals surface area (Å²) in [5.74, 6) is 0.115. The Hall–Kier alpha value is -1.53. The van der Waals surface area contributed by atoms with E-state index < -0.39 is 0 Å². The number of hydrogen-bond donors (Lipinski definition) is 2. The number of benzene rings is 1. The van der Waals surface area contributed by atoms with Gasteiger partial charge in [0, 0.05) is 22.0 Å². The van der Waals surface area contributed by atoms with Gasteiger partial charge in [-0.3, -0.25) is 0 Å². The number of amidine groups is 1. The fourth-order valence-corrected chi connectivity index (χ4v) is 3.15. The standard InChI is InChI=1S/C11H11N3OS2/c1-7-2-3-8(10(12)14-15)9(6-7)17-11-13-4-5-16-11/h2-6,15H,1H3,(H2,12,14). The van der Waals surface area contributed by atoms with Gasteiger partial charge in [0.25, 0.3) is 0 Å². The third kappa shape index (κ3) is 2.78. The van der Waals surface area contributed by atoms with Crippen molar-refractivity contribution < 1.29 is 5.21 Å². The molecule has 0 aliphatic heterocycles. The Morgan fingerprint density at radius 1 is 1.53 bits per heavy atom. The monoisotopic (exact) mass is 265 g/mol. The molecule has 17 heavy (non-hydrogen) atoms. The maximum absolute atomic E-state index is 8.75. The van der Waals surface area contributed by atoms with E-state index >= 15 is 0 Å². The van der Waals surface area contributed by atoms with Crippen molar-refractivity contribution in [2.45, 2.75) is 16.2 Å². The fraction of sp³-hybridized carbons (Fsp3) is 0.0909. The molecule has 4 nitrogen and oxygen atoms in total. The van der Waals surface area contributed by atoms with Crippen LogP contribution in [0, 0.1) is 6.92 Å². The van der Waals surface area contributed by atoms with Gasteiger partial charge < -0.3 is 10.9 Å². The van der Waals surface area contributed by atoms with Gasteiger partial charge in [0.1, 0.15) is 0 Å². The minimum Gasteiger partial charge on any atom is -0.409 e. The minimum absolute atomic E-state index is 0.115. The number of rotatable bonds is 3. The lowest BCUT2D eigenvalue weighted by Gasteiger charge is -2.07. The number of aryl methyl sites for hydroxylation is 1. The molecule has 88 valence electrons. The Bertz CT molecular complexity index is 538. The van der Waals surface area contributed by atoms with E-state index in [9.17, 15) is 0 Å². The summed E-state index contributed by atoms with van der Waals surface area (Å²) in [4.78, 5) is 5.15. The van der Waals surface area contributed by atoms with E-state index in [0.717, 1.165) is 20.4 Å². The molecule has 0 radical (unpaired) electrons. The van der Waals surface area contributed by atoms with Crippen molar-refractivity contribution in [2.75, 3.05) is 0 Å². The summed E-state index contributed by atoms with van der Waals surface area (Å²) in [7, 11) is 0. The van der Waals surface area contributed by atoms with Crippen molar-refractivity contribution >= 4 is 28.9 Å². The average molecular weight is 265 g/mol. The van der Waals surface area contributed by atoms with Crippen LogP contribution in [0.2, 0.25) is 0 Å². The quantitative estimate of drug-likeness (QED) is 0.387. The molecule has 0 saturated heterocycles. The zero-order valence-corrected chi connectivity index (χ0v) is 10.8. The van der Waals surface area contributed by atoms with Gasteiger partial charge in [-0.25, -0.2) is 4.98 Å². The number of hydrogen-bond acceptors (Lipinski definition) is 5. The summed E-state index contributed by atoms with van der Waals surface area (Å²) in [5, 5.41) is 13.7. The van der Waals surface area contributed by atoms with E-state index in [0.29, 0.717) is 0 Å². The normalized spacial score (nSPS) is 11.7. The van der Waals surface area contributed by atoms with Crippen molar-refractivity contribution in [3.63, 3.8) is 0 Å². The zero-order chi connectivity index (χ0) is 12.3. The minimum atomic E-state index is 0.115. The molecule has 1 aromatic carbocycles. The van der Waals surface area contributed by atoms with Gasteiger partial charge >= 0.3 is 0 Å². The number of oxime groups is 1. The van der Waals surface area contributed by atoms with E-state index in [1.807, 2.05) is 30.5 Å². The average Bonchev–Trinajstić information content (AvgIpc) is 2.81. The molecule has 0 atom stereocenters. The second-order valence-corrected chi connectivity index (χ2v) is 5.57. The predicted molar refractivity (Wildman–Crippen MR) is 69.9 cm³/mol. The molecule has 1 heterocycles. The summed E-state index contributed by atoms with van der Waals surface area (Å²) in [6.45, 7) is 2.00. The highest BCUT2D eigenvalue weighted by molar-refractivity contribution is 8.01. The molecular formula is C11H11N3OS2. The molecule has 0 amide bonds. The highest BCUT2D eigenvalue weighted by Gasteiger charge is 2.10. The molecule has 0 saturated carbocycles. The van der Waals surface area contributed by atoms with E-state index in [2.05, 4.69) is 10.1 Å². The van der Waals surface area contributed by atoms with Crippen LogP contribution in [-0.2, 0) is 0 Å². The Morgan fingerprint density at radius 2 is 2.35 bits per heavy atom. The lowest BCUT2D eigenvalue weighted by Crippen LogP contribution is -2.14.